The van der Waals surface area contributed by atoms with Crippen LogP contribution < -0.4 is 5.32 Å². The summed E-state index contributed by atoms with van der Waals surface area (Å²) in [6.45, 7) is 16.3. The highest BCUT2D eigenvalue weighted by Gasteiger charge is 2.35. The smallest absolute Gasteiger partial charge is 0.0253 e. The van der Waals surface area contributed by atoms with E-state index in [9.17, 15) is 0 Å². The summed E-state index contributed by atoms with van der Waals surface area (Å²) in [6, 6.07) is 1.40. The number of piperazine rings is 1. The first-order chi connectivity index (χ1) is 8.37. The van der Waals surface area contributed by atoms with Crippen LogP contribution in [0.5, 0.6) is 0 Å². The fourth-order valence-electron chi connectivity index (χ4n) is 2.79. The fraction of sp³-hybridized carbons (Fsp3) is 1.00. The molecule has 1 fully saturated rings. The summed E-state index contributed by atoms with van der Waals surface area (Å²) in [5.74, 6) is 3.27. The zero-order valence-electron chi connectivity index (χ0n) is 13.1. The van der Waals surface area contributed by atoms with E-state index in [-0.39, 0.29) is 5.54 Å². The average molecular weight is 273 g/mol. The molecule has 0 spiro atoms. The molecule has 2 unspecified atom stereocenters. The monoisotopic (exact) mass is 272 g/mol. The summed E-state index contributed by atoms with van der Waals surface area (Å²) in [5.41, 5.74) is 0.261. The highest BCUT2D eigenvalue weighted by Crippen LogP contribution is 2.24. The molecule has 1 N–H and O–H groups in total. The predicted molar refractivity (Wildman–Crippen MR) is 84.5 cm³/mol. The summed E-state index contributed by atoms with van der Waals surface area (Å²) in [5, 5.41) is 3.70. The van der Waals surface area contributed by atoms with E-state index in [1.165, 1.54) is 24.5 Å². The number of nitrogens with one attached hydrogen (secondary N) is 1. The number of hydrogen-bond donors (Lipinski definition) is 1. The lowest BCUT2D eigenvalue weighted by atomic mass is 9.91. The Balaban J connectivity index is 2.60. The minimum atomic E-state index is 0.261. The van der Waals surface area contributed by atoms with E-state index in [2.05, 4.69) is 63.5 Å². The largest absolute Gasteiger partial charge is 0.309 e. The Morgan fingerprint density at radius 3 is 2.56 bits per heavy atom. The van der Waals surface area contributed by atoms with Crippen molar-refractivity contribution in [3.05, 3.63) is 0 Å². The molecule has 108 valence electrons. The Hall–Kier alpha value is 0.270. The van der Waals surface area contributed by atoms with E-state index in [0.717, 1.165) is 12.5 Å². The molecule has 0 saturated carbocycles. The Labute approximate surface area is 118 Å². The number of rotatable bonds is 6. The van der Waals surface area contributed by atoms with E-state index in [0.29, 0.717) is 12.1 Å². The van der Waals surface area contributed by atoms with E-state index in [1.807, 2.05) is 0 Å². The molecule has 1 saturated heterocycles. The molecular formula is C15H32N2S. The Kier molecular flexibility index (Phi) is 6.49. The molecule has 0 aliphatic carbocycles. The van der Waals surface area contributed by atoms with Gasteiger partial charge in [0.1, 0.15) is 0 Å². The van der Waals surface area contributed by atoms with Crippen LogP contribution in [-0.2, 0) is 0 Å². The van der Waals surface area contributed by atoms with E-state index in [1.54, 1.807) is 0 Å². The van der Waals surface area contributed by atoms with Crippen molar-refractivity contribution in [2.75, 3.05) is 24.6 Å². The van der Waals surface area contributed by atoms with Crippen molar-refractivity contribution in [2.24, 2.45) is 5.92 Å². The number of thioether (sulfide) groups is 1. The summed E-state index contributed by atoms with van der Waals surface area (Å²) in [7, 11) is 0. The highest BCUT2D eigenvalue weighted by molar-refractivity contribution is 7.99. The fourth-order valence-corrected chi connectivity index (χ4v) is 3.59. The van der Waals surface area contributed by atoms with Gasteiger partial charge in [-0.1, -0.05) is 20.8 Å². The molecule has 2 nitrogen and oxygen atoms in total. The van der Waals surface area contributed by atoms with Crippen molar-refractivity contribution in [3.63, 3.8) is 0 Å². The SMILES string of the molecule is CCSCCC(C)N1CC(C)(C)NCC1C(C)C. The topological polar surface area (TPSA) is 15.3 Å². The minimum Gasteiger partial charge on any atom is -0.309 e. The standard InChI is InChI=1S/C15H32N2S/c1-7-18-9-8-13(4)17-11-15(5,6)16-10-14(17)12(2)3/h12-14,16H,7-11H2,1-6H3. The highest BCUT2D eigenvalue weighted by atomic mass is 32.2. The molecule has 1 heterocycles. The van der Waals surface area contributed by atoms with Crippen molar-refractivity contribution >= 4 is 11.8 Å². The van der Waals surface area contributed by atoms with Crippen LogP contribution in [0.4, 0.5) is 0 Å². The second kappa shape index (κ2) is 7.16. The molecule has 2 atom stereocenters. The first-order valence-corrected chi connectivity index (χ1v) is 8.61. The summed E-state index contributed by atoms with van der Waals surface area (Å²) in [4.78, 5) is 2.75. The molecule has 1 rings (SSSR count). The van der Waals surface area contributed by atoms with Gasteiger partial charge in [0.25, 0.3) is 0 Å². The van der Waals surface area contributed by atoms with Gasteiger partial charge in [-0.15, -0.1) is 0 Å². The van der Waals surface area contributed by atoms with Crippen LogP contribution in [0.25, 0.3) is 0 Å². The van der Waals surface area contributed by atoms with Gasteiger partial charge in [0, 0.05) is 30.7 Å². The lowest BCUT2D eigenvalue weighted by molar-refractivity contribution is 0.0368. The zero-order chi connectivity index (χ0) is 13.8. The predicted octanol–water partition coefficient (Wildman–Crippen LogP) is 3.23. The summed E-state index contributed by atoms with van der Waals surface area (Å²) in [6.07, 6.45) is 1.32. The van der Waals surface area contributed by atoms with Gasteiger partial charge >= 0.3 is 0 Å². The van der Waals surface area contributed by atoms with Crippen molar-refractivity contribution in [1.82, 2.24) is 10.2 Å². The van der Waals surface area contributed by atoms with Gasteiger partial charge in [-0.3, -0.25) is 4.90 Å². The van der Waals surface area contributed by atoms with Crippen molar-refractivity contribution < 1.29 is 0 Å². The van der Waals surface area contributed by atoms with Crippen LogP contribution in [0.3, 0.4) is 0 Å². The Bertz CT molecular complexity index is 241. The third-order valence-electron chi connectivity index (χ3n) is 4.01. The van der Waals surface area contributed by atoms with Crippen molar-refractivity contribution in [2.45, 2.75) is 65.6 Å². The van der Waals surface area contributed by atoms with Gasteiger partial charge < -0.3 is 5.32 Å². The second-order valence-corrected chi connectivity index (χ2v) is 7.98. The third kappa shape index (κ3) is 4.75. The van der Waals surface area contributed by atoms with Crippen LogP contribution in [0.2, 0.25) is 0 Å². The van der Waals surface area contributed by atoms with Crippen molar-refractivity contribution in [1.29, 1.82) is 0 Å². The maximum Gasteiger partial charge on any atom is 0.0253 e. The maximum atomic E-state index is 3.70. The van der Waals surface area contributed by atoms with Crippen LogP contribution in [0, 0.1) is 5.92 Å². The van der Waals surface area contributed by atoms with Gasteiger partial charge in [0.05, 0.1) is 0 Å². The van der Waals surface area contributed by atoms with E-state index >= 15 is 0 Å². The zero-order valence-corrected chi connectivity index (χ0v) is 13.9. The Morgan fingerprint density at radius 2 is 2.00 bits per heavy atom. The first-order valence-electron chi connectivity index (χ1n) is 7.46. The molecule has 3 heteroatoms. The quantitative estimate of drug-likeness (QED) is 0.747. The lowest BCUT2D eigenvalue weighted by Crippen LogP contribution is -2.64. The van der Waals surface area contributed by atoms with Gasteiger partial charge in [-0.25, -0.2) is 0 Å². The average Bonchev–Trinajstić information content (AvgIpc) is 2.27. The molecular weight excluding hydrogens is 240 g/mol. The van der Waals surface area contributed by atoms with Gasteiger partial charge in [-0.2, -0.15) is 11.8 Å². The molecule has 18 heavy (non-hydrogen) atoms. The van der Waals surface area contributed by atoms with E-state index in [4.69, 9.17) is 0 Å². The molecule has 0 radical (unpaired) electrons. The number of nitrogens with zero attached hydrogens (tertiary/aromatic N) is 1. The van der Waals surface area contributed by atoms with Crippen LogP contribution in [-0.4, -0.2) is 47.1 Å². The molecule has 1 aliphatic rings. The minimum absolute atomic E-state index is 0.261. The molecule has 0 aromatic heterocycles. The lowest BCUT2D eigenvalue weighted by Gasteiger charge is -2.49. The van der Waals surface area contributed by atoms with Gasteiger partial charge in [-0.05, 0) is 44.6 Å². The molecule has 0 aromatic rings. The van der Waals surface area contributed by atoms with Crippen LogP contribution in [0.1, 0.15) is 48.0 Å². The molecule has 0 aromatic carbocycles. The van der Waals surface area contributed by atoms with Crippen LogP contribution in [0.15, 0.2) is 0 Å². The summed E-state index contributed by atoms with van der Waals surface area (Å²) < 4.78 is 0. The van der Waals surface area contributed by atoms with Gasteiger partial charge in [0.2, 0.25) is 0 Å². The summed E-state index contributed by atoms with van der Waals surface area (Å²) >= 11 is 2.07. The molecule has 0 amide bonds. The van der Waals surface area contributed by atoms with Crippen molar-refractivity contribution in [3.8, 4) is 0 Å². The Morgan fingerprint density at radius 1 is 1.33 bits per heavy atom. The van der Waals surface area contributed by atoms with Gasteiger partial charge in [0.15, 0.2) is 0 Å². The second-order valence-electron chi connectivity index (χ2n) is 6.58. The molecule has 1 aliphatic heterocycles. The first kappa shape index (κ1) is 16.3. The number of hydrogen-bond acceptors (Lipinski definition) is 3. The third-order valence-corrected chi connectivity index (χ3v) is 4.95. The van der Waals surface area contributed by atoms with E-state index < -0.39 is 0 Å². The van der Waals surface area contributed by atoms with Crippen LogP contribution >= 0.6 is 11.8 Å². The molecule has 0 bridgehead atoms. The maximum absolute atomic E-state index is 3.70. The normalized spacial score (nSPS) is 26.5.